The van der Waals surface area contributed by atoms with E-state index in [0.717, 1.165) is 61.8 Å². The molecule has 0 spiro atoms. The van der Waals surface area contributed by atoms with Crippen LogP contribution in [0.3, 0.4) is 0 Å². The number of benzene rings is 2. The number of halogens is 1. The number of likely N-dealkylation sites (tertiary alicyclic amines) is 1. The highest BCUT2D eigenvalue weighted by molar-refractivity contribution is 5.63. The zero-order chi connectivity index (χ0) is 22.5. The van der Waals surface area contributed by atoms with Crippen LogP contribution < -0.4 is 0 Å². The molecule has 1 aliphatic heterocycles. The molecule has 4 rings (SSSR count). The van der Waals surface area contributed by atoms with Crippen LogP contribution in [0.4, 0.5) is 4.39 Å². The van der Waals surface area contributed by atoms with Gasteiger partial charge in [0.25, 0.3) is 0 Å². The number of rotatable bonds is 9. The van der Waals surface area contributed by atoms with E-state index in [1.54, 1.807) is 7.11 Å². The molecule has 3 aromatic rings. The average Bonchev–Trinajstić information content (AvgIpc) is 3.40. The van der Waals surface area contributed by atoms with E-state index in [1.165, 1.54) is 24.1 Å². The van der Waals surface area contributed by atoms with Gasteiger partial charge in [-0.15, -0.1) is 0 Å². The van der Waals surface area contributed by atoms with Crippen LogP contribution in [0.1, 0.15) is 17.5 Å². The van der Waals surface area contributed by atoms with Gasteiger partial charge in [0.2, 0.25) is 0 Å². The molecule has 32 heavy (non-hydrogen) atoms. The molecule has 1 atom stereocenters. The second kappa shape index (κ2) is 10.4. The summed E-state index contributed by atoms with van der Waals surface area (Å²) in [5, 5.41) is 4.89. The Bertz CT molecular complexity index is 1000. The molecule has 0 aliphatic carbocycles. The number of aromatic nitrogens is 2. The molecule has 6 heteroatoms. The van der Waals surface area contributed by atoms with Gasteiger partial charge in [0.1, 0.15) is 5.82 Å². The molecule has 2 heterocycles. The van der Waals surface area contributed by atoms with E-state index in [4.69, 9.17) is 9.84 Å². The first-order valence-corrected chi connectivity index (χ1v) is 11.3. The Labute approximate surface area is 190 Å². The summed E-state index contributed by atoms with van der Waals surface area (Å²) >= 11 is 0. The van der Waals surface area contributed by atoms with Crippen LogP contribution in [0.15, 0.2) is 54.7 Å². The van der Waals surface area contributed by atoms with Gasteiger partial charge in [-0.2, -0.15) is 5.10 Å². The Morgan fingerprint density at radius 3 is 2.59 bits per heavy atom. The minimum Gasteiger partial charge on any atom is -0.383 e. The van der Waals surface area contributed by atoms with Crippen molar-refractivity contribution in [3.05, 3.63) is 71.7 Å². The fourth-order valence-corrected chi connectivity index (χ4v) is 4.49. The summed E-state index contributed by atoms with van der Waals surface area (Å²) in [6.45, 7) is 8.00. The summed E-state index contributed by atoms with van der Waals surface area (Å²) in [5.74, 6) is 0.433. The van der Waals surface area contributed by atoms with Crippen LogP contribution in [0.2, 0.25) is 0 Å². The van der Waals surface area contributed by atoms with Crippen molar-refractivity contribution in [2.24, 2.45) is 5.92 Å². The third kappa shape index (κ3) is 5.63. The van der Waals surface area contributed by atoms with Gasteiger partial charge in [0.05, 0.1) is 18.0 Å². The van der Waals surface area contributed by atoms with Crippen LogP contribution in [0, 0.1) is 18.7 Å². The molecule has 0 radical (unpaired) electrons. The Morgan fingerprint density at radius 1 is 1.12 bits per heavy atom. The van der Waals surface area contributed by atoms with Crippen molar-refractivity contribution in [1.82, 2.24) is 19.6 Å². The first-order valence-electron chi connectivity index (χ1n) is 11.3. The molecule has 170 valence electrons. The fraction of sp³-hybridized carbons (Fsp3) is 0.423. The van der Waals surface area contributed by atoms with Crippen molar-refractivity contribution in [2.75, 3.05) is 46.9 Å². The zero-order valence-electron chi connectivity index (χ0n) is 19.3. The first kappa shape index (κ1) is 22.6. The van der Waals surface area contributed by atoms with E-state index in [0.29, 0.717) is 5.92 Å². The topological polar surface area (TPSA) is 33.5 Å². The van der Waals surface area contributed by atoms with Crippen LogP contribution in [0.5, 0.6) is 0 Å². The number of methoxy groups -OCH3 is 1. The Kier molecular flexibility index (Phi) is 7.35. The number of hydrogen-bond acceptors (Lipinski definition) is 4. The van der Waals surface area contributed by atoms with E-state index in [9.17, 15) is 4.39 Å². The van der Waals surface area contributed by atoms with Crippen LogP contribution in [-0.2, 0) is 11.3 Å². The lowest BCUT2D eigenvalue weighted by Crippen LogP contribution is -2.29. The molecule has 0 N–H and O–H groups in total. The molecule has 2 aromatic carbocycles. The maximum Gasteiger partial charge on any atom is 0.123 e. The predicted octanol–water partition coefficient (Wildman–Crippen LogP) is 4.39. The molecule has 0 amide bonds. The maximum absolute atomic E-state index is 13.5. The Hall–Kier alpha value is -2.54. The number of ether oxygens (including phenoxy) is 1. The smallest absolute Gasteiger partial charge is 0.123 e. The highest BCUT2D eigenvalue weighted by Gasteiger charge is 2.24. The molecular formula is C26H33FN4O. The second-order valence-corrected chi connectivity index (χ2v) is 8.93. The molecule has 1 aliphatic rings. The predicted molar refractivity (Wildman–Crippen MR) is 126 cm³/mol. The van der Waals surface area contributed by atoms with Crippen LogP contribution >= 0.6 is 0 Å². The molecule has 0 saturated carbocycles. The lowest BCUT2D eigenvalue weighted by Gasteiger charge is -2.21. The Morgan fingerprint density at radius 2 is 1.88 bits per heavy atom. The summed E-state index contributed by atoms with van der Waals surface area (Å²) in [6, 6.07) is 15.0. The van der Waals surface area contributed by atoms with E-state index >= 15 is 0 Å². The molecule has 1 fully saturated rings. The molecule has 0 bridgehead atoms. The molecule has 0 unspecified atom stereocenters. The first-order chi connectivity index (χ1) is 15.5. The summed E-state index contributed by atoms with van der Waals surface area (Å²) < 4.78 is 20.7. The van der Waals surface area contributed by atoms with Gasteiger partial charge in [0.15, 0.2) is 0 Å². The monoisotopic (exact) mass is 436 g/mol. The van der Waals surface area contributed by atoms with Gasteiger partial charge >= 0.3 is 0 Å². The lowest BCUT2D eigenvalue weighted by molar-refractivity contribution is 0.157. The summed E-state index contributed by atoms with van der Waals surface area (Å²) in [4.78, 5) is 4.87. The summed E-state index contributed by atoms with van der Waals surface area (Å²) in [7, 11) is 3.94. The Balaban J connectivity index is 1.51. The van der Waals surface area contributed by atoms with E-state index < -0.39 is 0 Å². The van der Waals surface area contributed by atoms with E-state index in [-0.39, 0.29) is 5.82 Å². The SMILES string of the molecule is COCCN1CC[C@H](CN(C)Cc2cn(-c3ccc(C)cc3)nc2-c2ccc(F)cc2)C1. The zero-order valence-corrected chi connectivity index (χ0v) is 19.3. The summed E-state index contributed by atoms with van der Waals surface area (Å²) in [5.41, 5.74) is 5.24. The summed E-state index contributed by atoms with van der Waals surface area (Å²) in [6.07, 6.45) is 3.33. The van der Waals surface area contributed by atoms with Crippen molar-refractivity contribution in [2.45, 2.75) is 19.9 Å². The van der Waals surface area contributed by atoms with Crippen molar-refractivity contribution in [3.8, 4) is 16.9 Å². The van der Waals surface area contributed by atoms with E-state index in [1.807, 2.05) is 16.8 Å². The third-order valence-corrected chi connectivity index (χ3v) is 6.20. The van der Waals surface area contributed by atoms with Crippen molar-refractivity contribution < 1.29 is 9.13 Å². The van der Waals surface area contributed by atoms with Gasteiger partial charge in [-0.05, 0) is 69.3 Å². The molecule has 1 saturated heterocycles. The number of aryl methyl sites for hydroxylation is 1. The van der Waals surface area contributed by atoms with Crippen molar-refractivity contribution in [1.29, 1.82) is 0 Å². The molecule has 5 nitrogen and oxygen atoms in total. The average molecular weight is 437 g/mol. The van der Waals surface area contributed by atoms with Gasteiger partial charge in [-0.1, -0.05) is 17.7 Å². The second-order valence-electron chi connectivity index (χ2n) is 8.93. The van der Waals surface area contributed by atoms with Crippen LogP contribution in [-0.4, -0.2) is 66.5 Å². The normalized spacial score (nSPS) is 16.8. The third-order valence-electron chi connectivity index (χ3n) is 6.20. The van der Waals surface area contributed by atoms with Gasteiger partial charge in [-0.25, -0.2) is 9.07 Å². The quantitative estimate of drug-likeness (QED) is 0.498. The maximum atomic E-state index is 13.5. The molecule has 1 aromatic heterocycles. The van der Waals surface area contributed by atoms with Crippen molar-refractivity contribution in [3.63, 3.8) is 0 Å². The van der Waals surface area contributed by atoms with E-state index in [2.05, 4.69) is 54.2 Å². The van der Waals surface area contributed by atoms with Gasteiger partial charge < -0.3 is 14.5 Å². The van der Waals surface area contributed by atoms with Gasteiger partial charge in [0, 0.05) is 50.6 Å². The molecular weight excluding hydrogens is 403 g/mol. The number of nitrogens with zero attached hydrogens (tertiary/aromatic N) is 4. The highest BCUT2D eigenvalue weighted by atomic mass is 19.1. The minimum absolute atomic E-state index is 0.232. The minimum atomic E-state index is -0.232. The standard InChI is InChI=1S/C26H33FN4O/c1-20-4-10-25(11-5-20)31-19-23(26(28-31)22-6-8-24(27)9-7-22)18-29(2)16-21-12-13-30(17-21)14-15-32-3/h4-11,19,21H,12-18H2,1-3H3/t21-/m1/s1. The van der Waals surface area contributed by atoms with Gasteiger partial charge in [-0.3, -0.25) is 0 Å². The van der Waals surface area contributed by atoms with Crippen molar-refractivity contribution >= 4 is 0 Å². The highest BCUT2D eigenvalue weighted by Crippen LogP contribution is 2.26. The van der Waals surface area contributed by atoms with Crippen LogP contribution in [0.25, 0.3) is 16.9 Å². The fourth-order valence-electron chi connectivity index (χ4n) is 4.49. The number of hydrogen-bond donors (Lipinski definition) is 0. The lowest BCUT2D eigenvalue weighted by atomic mass is 10.1. The largest absolute Gasteiger partial charge is 0.383 e.